The Balaban J connectivity index is 2.71. The van der Waals surface area contributed by atoms with Gasteiger partial charge in [-0.25, -0.2) is 4.79 Å². The lowest BCUT2D eigenvalue weighted by molar-refractivity contribution is 0.0505. The fourth-order valence-corrected chi connectivity index (χ4v) is 1.62. The van der Waals surface area contributed by atoms with Crippen LogP contribution >= 0.6 is 0 Å². The summed E-state index contributed by atoms with van der Waals surface area (Å²) in [6, 6.07) is 7.69. The number of nitrogens with two attached hydrogens (primary N) is 1. The van der Waals surface area contributed by atoms with Crippen molar-refractivity contribution in [3.63, 3.8) is 0 Å². The number of carbonyl (C=O) groups is 1. The Morgan fingerprint density at radius 1 is 1.44 bits per heavy atom. The first-order valence-electron chi connectivity index (χ1n) is 6.08. The first kappa shape index (κ1) is 14.5. The molecule has 0 spiro atoms. The minimum atomic E-state index is -0.504. The molecule has 0 unspecified atom stereocenters. The van der Waals surface area contributed by atoms with Crippen molar-refractivity contribution in [1.29, 1.82) is 0 Å². The third-order valence-electron chi connectivity index (χ3n) is 2.37. The molecule has 3 N–H and O–H groups in total. The van der Waals surface area contributed by atoms with Crippen molar-refractivity contribution in [1.82, 2.24) is 5.32 Å². The first-order chi connectivity index (χ1) is 8.31. The molecule has 0 aliphatic carbocycles. The topological polar surface area (TPSA) is 64.3 Å². The maximum atomic E-state index is 11.7. The Labute approximate surface area is 109 Å². The van der Waals surface area contributed by atoms with Gasteiger partial charge in [0.2, 0.25) is 0 Å². The maximum absolute atomic E-state index is 11.7. The molecule has 0 heterocycles. The highest BCUT2D eigenvalue weighted by Crippen LogP contribution is 2.15. The van der Waals surface area contributed by atoms with Gasteiger partial charge in [-0.05, 0) is 33.3 Å². The lowest BCUT2D eigenvalue weighted by atomic mass is 10.0. The van der Waals surface area contributed by atoms with Crippen molar-refractivity contribution < 1.29 is 9.53 Å². The van der Waals surface area contributed by atoms with Gasteiger partial charge >= 0.3 is 6.09 Å². The zero-order valence-electron chi connectivity index (χ0n) is 11.5. The minimum Gasteiger partial charge on any atom is -0.444 e. The molecule has 100 valence electrons. The van der Waals surface area contributed by atoms with E-state index in [1.165, 1.54) is 0 Å². The number of amides is 1. The molecule has 0 bridgehead atoms. The molecule has 4 heteroatoms. The molecular weight excluding hydrogens is 228 g/mol. The summed E-state index contributed by atoms with van der Waals surface area (Å²) < 4.78 is 5.22. The Morgan fingerprint density at radius 2 is 2.11 bits per heavy atom. The maximum Gasteiger partial charge on any atom is 0.408 e. The van der Waals surface area contributed by atoms with E-state index in [1.54, 1.807) is 0 Å². The summed E-state index contributed by atoms with van der Waals surface area (Å²) in [4.78, 5) is 11.7. The lowest BCUT2D eigenvalue weighted by Gasteiger charge is -2.23. The van der Waals surface area contributed by atoms with E-state index in [0.29, 0.717) is 6.54 Å². The van der Waals surface area contributed by atoms with Gasteiger partial charge in [0.25, 0.3) is 0 Å². The third kappa shape index (κ3) is 4.75. The molecule has 0 aliphatic heterocycles. The van der Waals surface area contributed by atoms with E-state index in [0.717, 1.165) is 11.1 Å². The van der Waals surface area contributed by atoms with Crippen LogP contribution in [0.2, 0.25) is 0 Å². The second kappa shape index (κ2) is 5.87. The summed E-state index contributed by atoms with van der Waals surface area (Å²) in [6.07, 6.45) is -0.445. The molecule has 1 amide bonds. The summed E-state index contributed by atoms with van der Waals surface area (Å²) in [7, 11) is 0. The van der Waals surface area contributed by atoms with Crippen molar-refractivity contribution in [3.8, 4) is 0 Å². The average Bonchev–Trinajstić information content (AvgIpc) is 2.23. The van der Waals surface area contributed by atoms with Crippen LogP contribution in [-0.2, 0) is 4.74 Å². The molecule has 0 aromatic heterocycles. The highest BCUT2D eigenvalue weighted by molar-refractivity contribution is 5.68. The number of ether oxygens (including phenoxy) is 1. The molecule has 0 radical (unpaired) electrons. The number of benzene rings is 1. The standard InChI is InChI=1S/C14H22N2O2/c1-10-6-5-7-11(8-10)12(9-15)16-13(17)18-14(2,3)4/h5-8,12H,9,15H2,1-4H3,(H,16,17)/t12-/m0/s1. The van der Waals surface area contributed by atoms with E-state index < -0.39 is 11.7 Å². The van der Waals surface area contributed by atoms with Crippen molar-refractivity contribution >= 4 is 6.09 Å². The van der Waals surface area contributed by atoms with Crippen molar-refractivity contribution in [2.24, 2.45) is 5.73 Å². The number of hydrogen-bond donors (Lipinski definition) is 2. The van der Waals surface area contributed by atoms with Gasteiger partial charge in [0.1, 0.15) is 5.60 Å². The number of carbonyl (C=O) groups excluding carboxylic acids is 1. The summed E-state index contributed by atoms with van der Waals surface area (Å²) in [5.74, 6) is 0. The van der Waals surface area contributed by atoms with Crippen LogP contribution in [0, 0.1) is 6.92 Å². The average molecular weight is 250 g/mol. The minimum absolute atomic E-state index is 0.222. The van der Waals surface area contributed by atoms with Gasteiger partial charge in [-0.3, -0.25) is 0 Å². The molecule has 1 rings (SSSR count). The van der Waals surface area contributed by atoms with E-state index in [-0.39, 0.29) is 6.04 Å². The molecule has 1 atom stereocenters. The second-order valence-electron chi connectivity index (χ2n) is 5.35. The van der Waals surface area contributed by atoms with Crippen molar-refractivity contribution in [2.45, 2.75) is 39.3 Å². The highest BCUT2D eigenvalue weighted by Gasteiger charge is 2.19. The quantitative estimate of drug-likeness (QED) is 0.866. The predicted molar refractivity (Wildman–Crippen MR) is 72.3 cm³/mol. The predicted octanol–water partition coefficient (Wildman–Crippen LogP) is 2.52. The molecule has 0 fully saturated rings. The largest absolute Gasteiger partial charge is 0.444 e. The molecule has 1 aromatic rings. The van der Waals surface area contributed by atoms with Gasteiger partial charge in [-0.1, -0.05) is 29.8 Å². The SMILES string of the molecule is Cc1cccc([C@H](CN)NC(=O)OC(C)(C)C)c1. The third-order valence-corrected chi connectivity index (χ3v) is 2.37. The summed E-state index contributed by atoms with van der Waals surface area (Å²) in [6.45, 7) is 7.83. The molecule has 0 saturated carbocycles. The van der Waals surface area contributed by atoms with Gasteiger partial charge in [-0.2, -0.15) is 0 Å². The fourth-order valence-electron chi connectivity index (χ4n) is 1.62. The molecule has 0 saturated heterocycles. The zero-order chi connectivity index (χ0) is 13.8. The van der Waals surface area contributed by atoms with Crippen LogP contribution in [-0.4, -0.2) is 18.2 Å². The van der Waals surface area contributed by atoms with Crippen LogP contribution in [0.3, 0.4) is 0 Å². The smallest absolute Gasteiger partial charge is 0.408 e. The van der Waals surface area contributed by atoms with E-state index in [2.05, 4.69) is 5.32 Å². The normalized spacial score (nSPS) is 12.9. The van der Waals surface area contributed by atoms with Gasteiger partial charge < -0.3 is 15.8 Å². The Morgan fingerprint density at radius 3 is 2.61 bits per heavy atom. The van der Waals surface area contributed by atoms with Crippen LogP contribution in [0.25, 0.3) is 0 Å². The Hall–Kier alpha value is -1.55. The highest BCUT2D eigenvalue weighted by atomic mass is 16.6. The molecule has 18 heavy (non-hydrogen) atoms. The second-order valence-corrected chi connectivity index (χ2v) is 5.35. The number of hydrogen-bond acceptors (Lipinski definition) is 3. The van der Waals surface area contributed by atoms with Gasteiger partial charge in [0.05, 0.1) is 6.04 Å². The lowest BCUT2D eigenvalue weighted by Crippen LogP contribution is -2.37. The molecule has 0 aliphatic rings. The van der Waals surface area contributed by atoms with Crippen LogP contribution < -0.4 is 11.1 Å². The van der Waals surface area contributed by atoms with Gasteiger partial charge in [0.15, 0.2) is 0 Å². The van der Waals surface area contributed by atoms with E-state index in [9.17, 15) is 4.79 Å². The number of aryl methyl sites for hydroxylation is 1. The molecule has 4 nitrogen and oxygen atoms in total. The van der Waals surface area contributed by atoms with Gasteiger partial charge in [0, 0.05) is 6.54 Å². The zero-order valence-corrected chi connectivity index (χ0v) is 11.5. The Bertz CT molecular complexity index is 411. The number of nitrogens with one attached hydrogen (secondary N) is 1. The summed E-state index contributed by atoms with van der Waals surface area (Å²) in [5.41, 5.74) is 7.32. The van der Waals surface area contributed by atoms with Crippen LogP contribution in [0.5, 0.6) is 0 Å². The monoisotopic (exact) mass is 250 g/mol. The van der Waals surface area contributed by atoms with E-state index >= 15 is 0 Å². The van der Waals surface area contributed by atoms with Crippen LogP contribution in [0.4, 0.5) is 4.79 Å². The van der Waals surface area contributed by atoms with Crippen LogP contribution in [0.15, 0.2) is 24.3 Å². The first-order valence-corrected chi connectivity index (χ1v) is 6.08. The fraction of sp³-hybridized carbons (Fsp3) is 0.500. The summed E-state index contributed by atoms with van der Waals surface area (Å²) >= 11 is 0. The summed E-state index contributed by atoms with van der Waals surface area (Å²) in [5, 5.41) is 2.78. The molecular formula is C14H22N2O2. The van der Waals surface area contributed by atoms with Crippen molar-refractivity contribution in [3.05, 3.63) is 35.4 Å². The van der Waals surface area contributed by atoms with Crippen molar-refractivity contribution in [2.75, 3.05) is 6.54 Å². The van der Waals surface area contributed by atoms with E-state index in [4.69, 9.17) is 10.5 Å². The molecule has 1 aromatic carbocycles. The number of rotatable bonds is 3. The van der Waals surface area contributed by atoms with Gasteiger partial charge in [-0.15, -0.1) is 0 Å². The van der Waals surface area contributed by atoms with E-state index in [1.807, 2.05) is 52.0 Å². The van der Waals surface area contributed by atoms with Crippen LogP contribution in [0.1, 0.15) is 37.9 Å². The Kier molecular flexibility index (Phi) is 4.73. The number of alkyl carbamates (subject to hydrolysis) is 1.